The molecule has 0 aliphatic carbocycles. The van der Waals surface area contributed by atoms with Gasteiger partial charge in [0, 0.05) is 32.1 Å². The summed E-state index contributed by atoms with van der Waals surface area (Å²) in [5.41, 5.74) is 0.682. The zero-order valence-corrected chi connectivity index (χ0v) is 12.9. The van der Waals surface area contributed by atoms with Crippen molar-refractivity contribution < 1.29 is 14.0 Å². The highest BCUT2D eigenvalue weighted by molar-refractivity contribution is 6.31. The second-order valence-corrected chi connectivity index (χ2v) is 5.71. The zero-order chi connectivity index (χ0) is 15.6. The molecule has 1 aromatic rings. The molecule has 0 bridgehead atoms. The number of benzene rings is 1. The van der Waals surface area contributed by atoms with Crippen LogP contribution in [0.3, 0.4) is 0 Å². The maximum Gasteiger partial charge on any atom is 0.245 e. The minimum Gasteiger partial charge on any atom is -0.340 e. The molecule has 1 heterocycles. The van der Waals surface area contributed by atoms with E-state index < -0.39 is 11.9 Å². The third kappa shape index (κ3) is 3.53. The van der Waals surface area contributed by atoms with Crippen LogP contribution < -0.4 is 0 Å². The van der Waals surface area contributed by atoms with Gasteiger partial charge in [0.25, 0.3) is 0 Å². The number of halogens is 2. The van der Waals surface area contributed by atoms with Gasteiger partial charge in [0.2, 0.25) is 11.8 Å². The second-order valence-electron chi connectivity index (χ2n) is 5.30. The van der Waals surface area contributed by atoms with Crippen LogP contribution in [0.1, 0.15) is 25.3 Å². The number of carbonyl (C=O) groups is 2. The maximum absolute atomic E-state index is 13.0. The number of likely N-dealkylation sites (N-methyl/N-ethyl adjacent to an activating group) is 1. The molecule has 0 aromatic heterocycles. The molecule has 0 N–H and O–H groups in total. The summed E-state index contributed by atoms with van der Waals surface area (Å²) in [7, 11) is 1.67. The Morgan fingerprint density at radius 3 is 2.81 bits per heavy atom. The van der Waals surface area contributed by atoms with Crippen molar-refractivity contribution >= 4 is 23.4 Å². The van der Waals surface area contributed by atoms with Gasteiger partial charge in [-0.2, -0.15) is 0 Å². The number of nitrogens with zero attached hydrogens (tertiary/aromatic N) is 2. The van der Waals surface area contributed by atoms with E-state index in [1.54, 1.807) is 18.0 Å². The summed E-state index contributed by atoms with van der Waals surface area (Å²) < 4.78 is 13.0. The van der Waals surface area contributed by atoms with Crippen molar-refractivity contribution in [1.82, 2.24) is 9.80 Å². The van der Waals surface area contributed by atoms with Gasteiger partial charge in [0.15, 0.2) is 0 Å². The summed E-state index contributed by atoms with van der Waals surface area (Å²) in [6.07, 6.45) is 1.51. The van der Waals surface area contributed by atoms with Crippen LogP contribution in [0.25, 0.3) is 0 Å². The Morgan fingerprint density at radius 1 is 1.48 bits per heavy atom. The van der Waals surface area contributed by atoms with Crippen LogP contribution in [-0.2, 0) is 16.1 Å². The Morgan fingerprint density at radius 2 is 2.19 bits per heavy atom. The van der Waals surface area contributed by atoms with Gasteiger partial charge in [0.1, 0.15) is 11.9 Å². The first-order valence-electron chi connectivity index (χ1n) is 6.86. The van der Waals surface area contributed by atoms with Crippen LogP contribution in [0.15, 0.2) is 18.2 Å². The molecular formula is C15H18ClFN2O2. The Hall–Kier alpha value is -1.62. The molecule has 0 radical (unpaired) electrons. The minimum absolute atomic E-state index is 0.0842. The summed E-state index contributed by atoms with van der Waals surface area (Å²) in [5, 5.41) is 0.296. The standard InChI is InChI=1S/C15H18ClFN2O2/c1-10(20)19-7-3-4-14(19)15(21)18(2)9-11-5-6-12(17)8-13(11)16/h5-6,8,14H,3-4,7,9H2,1-2H3/t14-/m1/s1. The predicted octanol–water partition coefficient (Wildman–Crippen LogP) is 2.45. The van der Waals surface area contributed by atoms with Crippen LogP contribution >= 0.6 is 11.6 Å². The Kier molecular flexibility index (Phi) is 4.83. The molecule has 114 valence electrons. The van der Waals surface area contributed by atoms with E-state index in [4.69, 9.17) is 11.6 Å². The maximum atomic E-state index is 13.0. The molecule has 0 saturated carbocycles. The van der Waals surface area contributed by atoms with Gasteiger partial charge in [-0.1, -0.05) is 17.7 Å². The molecule has 1 fully saturated rings. The number of carbonyl (C=O) groups excluding carboxylic acids is 2. The van der Waals surface area contributed by atoms with E-state index in [1.807, 2.05) is 0 Å². The summed E-state index contributed by atoms with van der Waals surface area (Å²) in [5.74, 6) is -0.599. The van der Waals surface area contributed by atoms with E-state index in [0.29, 0.717) is 30.1 Å². The van der Waals surface area contributed by atoms with Crippen molar-refractivity contribution in [3.8, 4) is 0 Å². The quantitative estimate of drug-likeness (QED) is 0.860. The zero-order valence-electron chi connectivity index (χ0n) is 12.1. The molecule has 1 aliphatic heterocycles. The van der Waals surface area contributed by atoms with Crippen LogP contribution in [-0.4, -0.2) is 41.2 Å². The van der Waals surface area contributed by atoms with Crippen molar-refractivity contribution in [3.05, 3.63) is 34.6 Å². The number of amides is 2. The lowest BCUT2D eigenvalue weighted by Gasteiger charge is -2.27. The van der Waals surface area contributed by atoms with Crippen molar-refractivity contribution in [3.63, 3.8) is 0 Å². The number of hydrogen-bond donors (Lipinski definition) is 0. The van der Waals surface area contributed by atoms with Crippen LogP contribution in [0, 0.1) is 5.82 Å². The molecule has 4 nitrogen and oxygen atoms in total. The molecule has 1 atom stereocenters. The van der Waals surface area contributed by atoms with Crippen molar-refractivity contribution in [2.45, 2.75) is 32.4 Å². The lowest BCUT2D eigenvalue weighted by molar-refractivity contribution is -0.142. The lowest BCUT2D eigenvalue weighted by Crippen LogP contribution is -2.45. The molecule has 1 aliphatic rings. The fourth-order valence-corrected chi connectivity index (χ4v) is 2.87. The first-order valence-corrected chi connectivity index (χ1v) is 7.24. The van der Waals surface area contributed by atoms with Crippen LogP contribution in [0.5, 0.6) is 0 Å². The highest BCUT2D eigenvalue weighted by Gasteiger charge is 2.34. The normalized spacial score (nSPS) is 17.9. The summed E-state index contributed by atoms with van der Waals surface area (Å²) in [6, 6.07) is 3.72. The average Bonchev–Trinajstić information content (AvgIpc) is 2.90. The van der Waals surface area contributed by atoms with Gasteiger partial charge in [-0.15, -0.1) is 0 Å². The third-order valence-corrected chi connectivity index (χ3v) is 4.09. The smallest absolute Gasteiger partial charge is 0.245 e. The number of likely N-dealkylation sites (tertiary alicyclic amines) is 1. The van der Waals surface area contributed by atoms with Gasteiger partial charge in [-0.05, 0) is 30.5 Å². The van der Waals surface area contributed by atoms with E-state index >= 15 is 0 Å². The van der Waals surface area contributed by atoms with E-state index in [0.717, 1.165) is 6.42 Å². The molecule has 1 saturated heterocycles. The first kappa shape index (κ1) is 15.8. The highest BCUT2D eigenvalue weighted by Crippen LogP contribution is 2.22. The van der Waals surface area contributed by atoms with Gasteiger partial charge >= 0.3 is 0 Å². The van der Waals surface area contributed by atoms with E-state index in [9.17, 15) is 14.0 Å². The number of rotatable bonds is 3. The van der Waals surface area contributed by atoms with Gasteiger partial charge < -0.3 is 9.80 Å². The van der Waals surface area contributed by atoms with Gasteiger partial charge in [-0.3, -0.25) is 9.59 Å². The molecule has 21 heavy (non-hydrogen) atoms. The van der Waals surface area contributed by atoms with Crippen LogP contribution in [0.4, 0.5) is 4.39 Å². The van der Waals surface area contributed by atoms with E-state index in [1.165, 1.54) is 24.0 Å². The van der Waals surface area contributed by atoms with Gasteiger partial charge in [-0.25, -0.2) is 4.39 Å². The van der Waals surface area contributed by atoms with Crippen molar-refractivity contribution in [2.24, 2.45) is 0 Å². The minimum atomic E-state index is -0.406. The summed E-state index contributed by atoms with van der Waals surface area (Å²) in [6.45, 7) is 2.39. The Bertz CT molecular complexity index is 565. The lowest BCUT2D eigenvalue weighted by atomic mass is 10.1. The van der Waals surface area contributed by atoms with Crippen molar-refractivity contribution in [2.75, 3.05) is 13.6 Å². The predicted molar refractivity (Wildman–Crippen MR) is 78.3 cm³/mol. The third-order valence-electron chi connectivity index (χ3n) is 3.74. The largest absolute Gasteiger partial charge is 0.340 e. The molecule has 0 unspecified atom stereocenters. The summed E-state index contributed by atoms with van der Waals surface area (Å²) >= 11 is 5.97. The second kappa shape index (κ2) is 6.43. The molecule has 0 spiro atoms. The Labute approximate surface area is 128 Å². The fraction of sp³-hybridized carbons (Fsp3) is 0.467. The topological polar surface area (TPSA) is 40.6 Å². The Balaban J connectivity index is 2.07. The highest BCUT2D eigenvalue weighted by atomic mass is 35.5. The molecule has 2 amide bonds. The summed E-state index contributed by atoms with van der Waals surface area (Å²) in [4.78, 5) is 27.1. The monoisotopic (exact) mass is 312 g/mol. The SMILES string of the molecule is CC(=O)N1CCC[C@@H]1C(=O)N(C)Cc1ccc(F)cc1Cl. The first-order chi connectivity index (χ1) is 9.90. The van der Waals surface area contributed by atoms with Crippen molar-refractivity contribution in [1.29, 1.82) is 0 Å². The molecule has 6 heteroatoms. The average molecular weight is 313 g/mol. The number of hydrogen-bond acceptors (Lipinski definition) is 2. The molecule has 1 aromatic carbocycles. The van der Waals surface area contributed by atoms with E-state index in [2.05, 4.69) is 0 Å². The van der Waals surface area contributed by atoms with Crippen LogP contribution in [0.2, 0.25) is 5.02 Å². The molecule has 2 rings (SSSR count). The molecular weight excluding hydrogens is 295 g/mol. The van der Waals surface area contributed by atoms with Gasteiger partial charge in [0.05, 0.1) is 0 Å². The fourth-order valence-electron chi connectivity index (χ4n) is 2.64. The van der Waals surface area contributed by atoms with E-state index in [-0.39, 0.29) is 11.8 Å².